The van der Waals surface area contributed by atoms with Gasteiger partial charge in [0.1, 0.15) is 5.75 Å². The van der Waals surface area contributed by atoms with Crippen molar-refractivity contribution in [3.05, 3.63) is 65.7 Å². The van der Waals surface area contributed by atoms with Crippen molar-refractivity contribution < 1.29 is 14.3 Å². The van der Waals surface area contributed by atoms with Crippen LogP contribution in [-0.2, 0) is 4.79 Å². The van der Waals surface area contributed by atoms with Crippen molar-refractivity contribution in [1.29, 1.82) is 0 Å². The summed E-state index contributed by atoms with van der Waals surface area (Å²) in [6, 6.07) is 15.9. The normalized spacial score (nSPS) is 15.8. The lowest BCUT2D eigenvalue weighted by molar-refractivity contribution is -0.125. The van der Waals surface area contributed by atoms with Crippen LogP contribution in [0, 0.1) is 5.92 Å². The van der Waals surface area contributed by atoms with Crippen LogP contribution in [0.25, 0.3) is 0 Å². The highest BCUT2D eigenvalue weighted by molar-refractivity contribution is 6.08. The van der Waals surface area contributed by atoms with E-state index in [0.29, 0.717) is 29.3 Å². The van der Waals surface area contributed by atoms with Gasteiger partial charge in [-0.05, 0) is 49.9 Å². The predicted octanol–water partition coefficient (Wildman–Crippen LogP) is 2.54. The highest BCUT2D eigenvalue weighted by Gasteiger charge is 2.41. The molecule has 3 rings (SSSR count). The Balaban J connectivity index is 1.54. The van der Waals surface area contributed by atoms with Gasteiger partial charge < -0.3 is 15.8 Å². The van der Waals surface area contributed by atoms with Gasteiger partial charge in [0, 0.05) is 17.7 Å². The zero-order chi connectivity index (χ0) is 18.6. The number of nitrogens with one attached hydrogen (secondary N) is 1. The third-order valence-electron chi connectivity index (χ3n) is 4.85. The zero-order valence-corrected chi connectivity index (χ0v) is 14.9. The Kier molecular flexibility index (Phi) is 5.38. The summed E-state index contributed by atoms with van der Waals surface area (Å²) in [6.07, 6.45) is 2.21. The molecule has 0 saturated heterocycles. The fourth-order valence-electron chi connectivity index (χ4n) is 3.00. The Morgan fingerprint density at radius 2 is 1.69 bits per heavy atom. The molecule has 5 nitrogen and oxygen atoms in total. The molecule has 1 atom stereocenters. The van der Waals surface area contributed by atoms with Crippen LogP contribution in [0.1, 0.15) is 35.7 Å². The van der Waals surface area contributed by atoms with E-state index in [1.54, 1.807) is 36.4 Å². The van der Waals surface area contributed by atoms with Crippen molar-refractivity contribution in [2.45, 2.75) is 25.3 Å². The van der Waals surface area contributed by atoms with Crippen LogP contribution >= 0.6 is 0 Å². The molecule has 1 unspecified atom stereocenters. The Hall–Kier alpha value is -2.66. The largest absolute Gasteiger partial charge is 0.484 e. The van der Waals surface area contributed by atoms with Gasteiger partial charge in [-0.3, -0.25) is 9.59 Å². The number of nitrogens with two attached hydrogens (primary N) is 1. The van der Waals surface area contributed by atoms with E-state index in [0.717, 1.165) is 12.8 Å². The molecule has 1 aliphatic rings. The van der Waals surface area contributed by atoms with E-state index in [1.165, 1.54) is 0 Å². The highest BCUT2D eigenvalue weighted by atomic mass is 16.5. The molecule has 2 aromatic carbocycles. The van der Waals surface area contributed by atoms with Gasteiger partial charge in [-0.2, -0.15) is 0 Å². The predicted molar refractivity (Wildman–Crippen MR) is 100 cm³/mol. The van der Waals surface area contributed by atoms with Gasteiger partial charge in [0.25, 0.3) is 5.91 Å². The second-order valence-electron chi connectivity index (χ2n) is 6.95. The van der Waals surface area contributed by atoms with Crippen LogP contribution in [0.4, 0.5) is 0 Å². The molecule has 26 heavy (non-hydrogen) atoms. The number of carbonyl (C=O) groups excluding carboxylic acids is 2. The minimum atomic E-state index is -0.355. The molecule has 3 N–H and O–H groups in total. The summed E-state index contributed by atoms with van der Waals surface area (Å²) >= 11 is 0. The lowest BCUT2D eigenvalue weighted by atomic mass is 9.96. The fourth-order valence-corrected chi connectivity index (χ4v) is 3.00. The first-order valence-electron chi connectivity index (χ1n) is 8.85. The van der Waals surface area contributed by atoms with E-state index < -0.39 is 0 Å². The maximum atomic E-state index is 12.4. The van der Waals surface area contributed by atoms with E-state index in [4.69, 9.17) is 10.5 Å². The van der Waals surface area contributed by atoms with Gasteiger partial charge in [0.05, 0.1) is 5.54 Å². The van der Waals surface area contributed by atoms with Crippen LogP contribution in [0.5, 0.6) is 5.75 Å². The van der Waals surface area contributed by atoms with Gasteiger partial charge >= 0.3 is 0 Å². The number of hydrogen-bond acceptors (Lipinski definition) is 4. The minimum absolute atomic E-state index is 0.0435. The standard InChI is InChI=1S/C21H24N2O3/c1-21(14-22,17-9-10-17)23-19(24)13-26-18-11-7-16(8-12-18)20(25)15-5-3-2-4-6-15/h2-8,11-12,17H,9-10,13-14,22H2,1H3,(H,23,24). The molecular formula is C21H24N2O3. The molecule has 0 spiro atoms. The molecule has 1 aliphatic carbocycles. The van der Waals surface area contributed by atoms with Crippen molar-refractivity contribution >= 4 is 11.7 Å². The van der Waals surface area contributed by atoms with Crippen molar-refractivity contribution in [2.24, 2.45) is 11.7 Å². The molecule has 5 heteroatoms. The SMILES string of the molecule is CC(CN)(NC(=O)COc1ccc(C(=O)c2ccccc2)cc1)C1CC1. The van der Waals surface area contributed by atoms with E-state index in [9.17, 15) is 9.59 Å². The van der Waals surface area contributed by atoms with Crippen LogP contribution in [0.15, 0.2) is 54.6 Å². The molecule has 0 bridgehead atoms. The van der Waals surface area contributed by atoms with Gasteiger partial charge in [0.15, 0.2) is 12.4 Å². The first-order chi connectivity index (χ1) is 12.5. The molecule has 1 amide bonds. The Labute approximate surface area is 153 Å². The maximum Gasteiger partial charge on any atom is 0.258 e. The van der Waals surface area contributed by atoms with Gasteiger partial charge in [0.2, 0.25) is 0 Å². The van der Waals surface area contributed by atoms with Crippen molar-refractivity contribution in [1.82, 2.24) is 5.32 Å². The molecule has 2 aromatic rings. The first kappa shape index (κ1) is 18.1. The molecule has 1 fully saturated rings. The third-order valence-corrected chi connectivity index (χ3v) is 4.85. The molecule has 1 saturated carbocycles. The van der Waals surface area contributed by atoms with Gasteiger partial charge in [-0.1, -0.05) is 30.3 Å². The molecule has 0 aliphatic heterocycles. The lowest BCUT2D eigenvalue weighted by Crippen LogP contribution is -2.54. The van der Waals surface area contributed by atoms with Crippen molar-refractivity contribution in [3.8, 4) is 5.75 Å². The van der Waals surface area contributed by atoms with Gasteiger partial charge in [-0.25, -0.2) is 0 Å². The summed E-state index contributed by atoms with van der Waals surface area (Å²) in [4.78, 5) is 24.5. The summed E-state index contributed by atoms with van der Waals surface area (Å²) < 4.78 is 5.53. The van der Waals surface area contributed by atoms with Crippen LogP contribution in [-0.4, -0.2) is 30.4 Å². The monoisotopic (exact) mass is 352 g/mol. The first-order valence-corrected chi connectivity index (χ1v) is 8.85. The molecule has 136 valence electrons. The van der Waals surface area contributed by atoms with Crippen molar-refractivity contribution in [2.75, 3.05) is 13.2 Å². The number of hydrogen-bond donors (Lipinski definition) is 2. The quantitative estimate of drug-likeness (QED) is 0.716. The maximum absolute atomic E-state index is 12.4. The van der Waals surface area contributed by atoms with E-state index in [2.05, 4.69) is 5.32 Å². The van der Waals surface area contributed by atoms with Crippen molar-refractivity contribution in [3.63, 3.8) is 0 Å². The summed E-state index contributed by atoms with van der Waals surface area (Å²) in [7, 11) is 0. The number of carbonyl (C=O) groups is 2. The third kappa shape index (κ3) is 4.29. The molecular weight excluding hydrogens is 328 g/mol. The van der Waals surface area contributed by atoms with E-state index >= 15 is 0 Å². The smallest absolute Gasteiger partial charge is 0.258 e. The fraction of sp³-hybridized carbons (Fsp3) is 0.333. The number of rotatable bonds is 8. The summed E-state index contributed by atoms with van der Waals surface area (Å²) in [5.74, 6) is 0.776. The Morgan fingerprint density at radius 3 is 2.27 bits per heavy atom. The second kappa shape index (κ2) is 7.70. The van der Waals surface area contributed by atoms with Crippen LogP contribution in [0.2, 0.25) is 0 Å². The van der Waals surface area contributed by atoms with Crippen LogP contribution < -0.4 is 15.8 Å². The average Bonchev–Trinajstić information content (AvgIpc) is 3.53. The number of ether oxygens (including phenoxy) is 1. The Bertz CT molecular complexity index is 770. The lowest BCUT2D eigenvalue weighted by Gasteiger charge is -2.29. The molecule has 0 heterocycles. The number of benzene rings is 2. The second-order valence-corrected chi connectivity index (χ2v) is 6.95. The molecule has 0 aromatic heterocycles. The molecule has 0 radical (unpaired) electrons. The minimum Gasteiger partial charge on any atom is -0.484 e. The zero-order valence-electron chi connectivity index (χ0n) is 14.9. The highest BCUT2D eigenvalue weighted by Crippen LogP contribution is 2.38. The summed E-state index contributed by atoms with van der Waals surface area (Å²) in [6.45, 7) is 2.32. The number of ketones is 1. The summed E-state index contributed by atoms with van der Waals surface area (Å²) in [5, 5.41) is 2.98. The van der Waals surface area contributed by atoms with Crippen LogP contribution in [0.3, 0.4) is 0 Å². The topological polar surface area (TPSA) is 81.4 Å². The number of amides is 1. The summed E-state index contributed by atoms with van der Waals surface area (Å²) in [5.41, 5.74) is 6.68. The average molecular weight is 352 g/mol. The van der Waals surface area contributed by atoms with E-state index in [1.807, 2.05) is 25.1 Å². The van der Waals surface area contributed by atoms with Gasteiger partial charge in [-0.15, -0.1) is 0 Å². The van der Waals surface area contributed by atoms with E-state index in [-0.39, 0.29) is 23.8 Å². The Morgan fingerprint density at radius 1 is 1.08 bits per heavy atom.